The molecule has 2 amide bonds. The Balaban J connectivity index is 1.71. The second-order valence-corrected chi connectivity index (χ2v) is 10.3. The van der Waals surface area contributed by atoms with Gasteiger partial charge in [-0.05, 0) is 68.7 Å². The first-order chi connectivity index (χ1) is 15.9. The van der Waals surface area contributed by atoms with Gasteiger partial charge >= 0.3 is 12.2 Å². The monoisotopic (exact) mass is 498 g/mol. The maximum atomic E-state index is 13.0. The molecule has 0 unspecified atom stereocenters. The minimum Gasteiger partial charge on any atom is -0.334 e. The van der Waals surface area contributed by atoms with Crippen molar-refractivity contribution in [1.29, 1.82) is 0 Å². The van der Waals surface area contributed by atoms with Gasteiger partial charge in [-0.2, -0.15) is 17.5 Å². The number of alkyl halides is 3. The Kier molecular flexibility index (Phi) is 7.89. The zero-order chi connectivity index (χ0) is 25.1. The predicted molar refractivity (Wildman–Crippen MR) is 124 cm³/mol. The van der Waals surface area contributed by atoms with Gasteiger partial charge in [0.25, 0.3) is 0 Å². The van der Waals surface area contributed by atoms with E-state index in [-0.39, 0.29) is 30.1 Å². The van der Waals surface area contributed by atoms with E-state index in [1.54, 1.807) is 26.0 Å². The van der Waals surface area contributed by atoms with Gasteiger partial charge in [-0.3, -0.25) is 4.90 Å². The molecule has 1 atom stereocenters. The average Bonchev–Trinajstić information content (AvgIpc) is 3.27. The molecule has 1 saturated heterocycles. The van der Waals surface area contributed by atoms with Gasteiger partial charge in [-0.1, -0.05) is 12.1 Å². The molecule has 0 spiro atoms. The highest BCUT2D eigenvalue weighted by Gasteiger charge is 2.34. The molecule has 7 nitrogen and oxygen atoms in total. The fraction of sp³-hybridized carbons (Fsp3) is 0.435. The van der Waals surface area contributed by atoms with E-state index in [4.69, 9.17) is 5.73 Å². The van der Waals surface area contributed by atoms with E-state index in [1.807, 2.05) is 0 Å². The number of sulfonamides is 1. The molecule has 186 valence electrons. The van der Waals surface area contributed by atoms with Crippen molar-refractivity contribution in [2.24, 2.45) is 5.73 Å². The van der Waals surface area contributed by atoms with Crippen LogP contribution < -0.4 is 16.0 Å². The van der Waals surface area contributed by atoms with Crippen molar-refractivity contribution in [3.63, 3.8) is 0 Å². The molecule has 3 rings (SSSR count). The zero-order valence-electron chi connectivity index (χ0n) is 19.0. The van der Waals surface area contributed by atoms with Crippen LogP contribution in [0, 0.1) is 0 Å². The minimum atomic E-state index is -4.42. The molecular weight excluding hydrogens is 469 g/mol. The molecule has 34 heavy (non-hydrogen) atoms. The molecule has 0 bridgehead atoms. The number of carbonyl (C=O) groups excluding carboxylic acids is 1. The van der Waals surface area contributed by atoms with Gasteiger partial charge in [0, 0.05) is 37.4 Å². The summed E-state index contributed by atoms with van der Waals surface area (Å²) in [5.74, 6) is 0. The molecule has 0 aromatic heterocycles. The number of benzene rings is 2. The van der Waals surface area contributed by atoms with Crippen molar-refractivity contribution < 1.29 is 26.4 Å². The first-order valence-corrected chi connectivity index (χ1v) is 12.4. The number of halogens is 3. The summed E-state index contributed by atoms with van der Waals surface area (Å²) in [4.78, 5) is 14.4. The SMILES string of the molecule is CC(C)N(C(=O)NCc1ccc(C(F)(F)F)cc1)c1ccc(S(=O)(=O)N2CCC[C@@H]2CN)cc1. The molecule has 2 aromatic rings. The zero-order valence-corrected chi connectivity index (χ0v) is 19.9. The summed E-state index contributed by atoms with van der Waals surface area (Å²) in [6.45, 7) is 4.34. The molecule has 1 aliphatic rings. The van der Waals surface area contributed by atoms with Crippen molar-refractivity contribution in [3.8, 4) is 0 Å². The van der Waals surface area contributed by atoms with Crippen molar-refractivity contribution in [2.45, 2.75) is 56.4 Å². The first kappa shape index (κ1) is 26.0. The third kappa shape index (κ3) is 5.70. The number of carbonyl (C=O) groups is 1. The lowest BCUT2D eigenvalue weighted by Gasteiger charge is -2.28. The number of nitrogens with zero attached hydrogens (tertiary/aromatic N) is 2. The molecule has 0 saturated carbocycles. The molecule has 0 aliphatic carbocycles. The van der Waals surface area contributed by atoms with Crippen molar-refractivity contribution >= 4 is 21.7 Å². The number of amides is 2. The molecule has 1 heterocycles. The van der Waals surface area contributed by atoms with Crippen LogP contribution in [0.15, 0.2) is 53.4 Å². The minimum absolute atomic E-state index is 0.0437. The van der Waals surface area contributed by atoms with Crippen LogP contribution in [0.2, 0.25) is 0 Å². The fourth-order valence-electron chi connectivity index (χ4n) is 4.00. The summed E-state index contributed by atoms with van der Waals surface area (Å²) in [6.07, 6.45) is -2.93. The van der Waals surface area contributed by atoms with Crippen LogP contribution in [0.4, 0.5) is 23.7 Å². The predicted octanol–water partition coefficient (Wildman–Crippen LogP) is 3.94. The number of urea groups is 1. The highest BCUT2D eigenvalue weighted by Crippen LogP contribution is 2.29. The number of anilines is 1. The highest BCUT2D eigenvalue weighted by atomic mass is 32.2. The van der Waals surface area contributed by atoms with Crippen molar-refractivity contribution in [1.82, 2.24) is 9.62 Å². The van der Waals surface area contributed by atoms with Crippen LogP contribution in [-0.4, -0.2) is 43.9 Å². The molecule has 2 aromatic carbocycles. The van der Waals surface area contributed by atoms with Gasteiger partial charge in [0.1, 0.15) is 0 Å². The van der Waals surface area contributed by atoms with Crippen LogP contribution in [0.5, 0.6) is 0 Å². The van der Waals surface area contributed by atoms with E-state index in [0.717, 1.165) is 25.0 Å². The second kappa shape index (κ2) is 10.3. The number of hydrogen-bond donors (Lipinski definition) is 2. The molecule has 1 fully saturated rings. The molecule has 1 aliphatic heterocycles. The number of nitrogens with two attached hydrogens (primary N) is 1. The number of rotatable bonds is 7. The molecular formula is C23H29F3N4O3S. The van der Waals surface area contributed by atoms with E-state index < -0.39 is 27.8 Å². The van der Waals surface area contributed by atoms with Crippen LogP contribution in [0.3, 0.4) is 0 Å². The highest BCUT2D eigenvalue weighted by molar-refractivity contribution is 7.89. The van der Waals surface area contributed by atoms with Crippen LogP contribution in [0.1, 0.15) is 37.8 Å². The molecule has 11 heteroatoms. The Hall–Kier alpha value is -2.63. The normalized spacial score (nSPS) is 17.2. The summed E-state index contributed by atoms with van der Waals surface area (Å²) < 4.78 is 65.6. The maximum absolute atomic E-state index is 13.0. The standard InChI is InChI=1S/C23H29F3N4O3S/c1-16(2)30(22(31)28-15-17-5-7-18(8-6-17)23(24,25)26)19-9-11-21(12-10-19)34(32,33)29-13-3-4-20(29)14-27/h5-12,16,20H,3-4,13-15,27H2,1-2H3,(H,28,31)/t20-/m1/s1. The quantitative estimate of drug-likeness (QED) is 0.605. The van der Waals surface area contributed by atoms with Crippen molar-refractivity contribution in [3.05, 3.63) is 59.7 Å². The van der Waals surface area contributed by atoms with E-state index in [1.165, 1.54) is 33.5 Å². The van der Waals surface area contributed by atoms with Gasteiger partial charge in [-0.15, -0.1) is 0 Å². The van der Waals surface area contributed by atoms with Gasteiger partial charge < -0.3 is 11.1 Å². The van der Waals surface area contributed by atoms with E-state index >= 15 is 0 Å². The largest absolute Gasteiger partial charge is 0.416 e. The Morgan fingerprint density at radius 1 is 1.15 bits per heavy atom. The summed E-state index contributed by atoms with van der Waals surface area (Å²) in [5.41, 5.74) is 5.98. The van der Waals surface area contributed by atoms with Crippen molar-refractivity contribution in [2.75, 3.05) is 18.0 Å². The summed E-state index contributed by atoms with van der Waals surface area (Å²) in [5, 5.41) is 2.71. The second-order valence-electron chi connectivity index (χ2n) is 8.46. The Morgan fingerprint density at radius 3 is 2.29 bits per heavy atom. The smallest absolute Gasteiger partial charge is 0.334 e. The molecule has 0 radical (unpaired) electrons. The van der Waals surface area contributed by atoms with Gasteiger partial charge in [0.15, 0.2) is 0 Å². The Morgan fingerprint density at radius 2 is 1.76 bits per heavy atom. The van der Waals surface area contributed by atoms with Gasteiger partial charge in [0.2, 0.25) is 10.0 Å². The number of nitrogens with one attached hydrogen (secondary N) is 1. The van der Waals surface area contributed by atoms with Crippen LogP contribution in [-0.2, 0) is 22.7 Å². The fourth-order valence-corrected chi connectivity index (χ4v) is 5.70. The van der Waals surface area contributed by atoms with E-state index in [2.05, 4.69) is 5.32 Å². The lowest BCUT2D eigenvalue weighted by Crippen LogP contribution is -2.44. The van der Waals surface area contributed by atoms with Gasteiger partial charge in [-0.25, -0.2) is 13.2 Å². The lowest BCUT2D eigenvalue weighted by atomic mass is 10.1. The average molecular weight is 499 g/mol. The third-order valence-electron chi connectivity index (χ3n) is 5.78. The van der Waals surface area contributed by atoms with Crippen LogP contribution in [0.25, 0.3) is 0 Å². The Bertz CT molecular complexity index is 1090. The summed E-state index contributed by atoms with van der Waals surface area (Å²) in [7, 11) is -3.69. The first-order valence-electron chi connectivity index (χ1n) is 11.0. The molecule has 3 N–H and O–H groups in total. The van der Waals surface area contributed by atoms with E-state index in [9.17, 15) is 26.4 Å². The Labute approximate surface area is 197 Å². The third-order valence-corrected chi connectivity index (χ3v) is 7.74. The van der Waals surface area contributed by atoms with E-state index in [0.29, 0.717) is 17.8 Å². The summed E-state index contributed by atoms with van der Waals surface area (Å²) in [6, 6.07) is 9.72. The van der Waals surface area contributed by atoms with Crippen LogP contribution >= 0.6 is 0 Å². The topological polar surface area (TPSA) is 95.7 Å². The maximum Gasteiger partial charge on any atom is 0.416 e. The number of hydrogen-bond acceptors (Lipinski definition) is 4. The summed E-state index contributed by atoms with van der Waals surface area (Å²) >= 11 is 0. The lowest BCUT2D eigenvalue weighted by molar-refractivity contribution is -0.137. The van der Waals surface area contributed by atoms with Gasteiger partial charge in [0.05, 0.1) is 10.5 Å².